The average Bonchev–Trinajstić information content (AvgIpc) is 2.92. The van der Waals surface area contributed by atoms with Crippen LogP contribution < -0.4 is 0 Å². The van der Waals surface area contributed by atoms with Gasteiger partial charge in [0, 0.05) is 43.5 Å². The summed E-state index contributed by atoms with van der Waals surface area (Å²) < 4.78 is 0. The summed E-state index contributed by atoms with van der Waals surface area (Å²) >= 11 is 0. The van der Waals surface area contributed by atoms with E-state index in [0.29, 0.717) is 25.9 Å². The Morgan fingerprint density at radius 3 is 2.42 bits per heavy atom. The molecule has 1 aromatic carbocycles. The predicted molar refractivity (Wildman–Crippen MR) is 148 cm³/mol. The zero-order valence-electron chi connectivity index (χ0n) is 24.0. The van der Waals surface area contributed by atoms with E-state index in [9.17, 15) is 50.0 Å². The van der Waals surface area contributed by atoms with Gasteiger partial charge >= 0.3 is 0 Å². The fourth-order valence-electron chi connectivity index (χ4n) is 7.28. The Kier molecular flexibility index (Phi) is 7.61. The molecule has 0 aromatic heterocycles. The molecule has 14 heteroatoms. The summed E-state index contributed by atoms with van der Waals surface area (Å²) in [7, 11) is 3.06. The van der Waals surface area contributed by atoms with Gasteiger partial charge < -0.3 is 35.3 Å². The molecule has 5 N–H and O–H groups in total. The molecule has 1 saturated heterocycles. The van der Waals surface area contributed by atoms with Gasteiger partial charge in [0.05, 0.1) is 17.2 Å². The number of Topliss-reactive ketones (excluding diaryl/α,β-unsaturated/α-hetero) is 3. The van der Waals surface area contributed by atoms with E-state index in [2.05, 4.69) is 4.84 Å². The normalized spacial score (nSPS) is 31.5. The van der Waals surface area contributed by atoms with Crippen molar-refractivity contribution < 1.29 is 49.8 Å². The second-order valence-corrected chi connectivity index (χ2v) is 12.1. The van der Waals surface area contributed by atoms with Crippen LogP contribution in [0.2, 0.25) is 0 Å². The number of likely N-dealkylation sites (N-methyl/N-ethyl adjacent to an activating group) is 1. The van der Waals surface area contributed by atoms with Crippen LogP contribution in [0.5, 0.6) is 5.75 Å². The maximum atomic E-state index is 14.1. The number of carbonyl (C=O) groups is 3. The lowest BCUT2D eigenvalue weighted by atomic mass is 9.54. The minimum absolute atomic E-state index is 0.156. The number of phenolic OH excluding ortho intramolecular Hbond substituents is 1. The number of nitrogens with zero attached hydrogens (tertiary/aromatic N) is 3. The third-order valence-electron chi connectivity index (χ3n) is 9.48. The Hall–Kier alpha value is -3.85. The van der Waals surface area contributed by atoms with Crippen LogP contribution in [0.1, 0.15) is 43.7 Å². The summed E-state index contributed by atoms with van der Waals surface area (Å²) in [5, 5.41) is 66.5. The van der Waals surface area contributed by atoms with Gasteiger partial charge in [-0.1, -0.05) is 12.1 Å². The van der Waals surface area contributed by atoms with Crippen molar-refractivity contribution in [3.63, 3.8) is 0 Å². The second kappa shape index (κ2) is 10.7. The molecule has 0 bridgehead atoms. The van der Waals surface area contributed by atoms with Crippen molar-refractivity contribution in [2.45, 2.75) is 56.0 Å². The Morgan fingerprint density at radius 2 is 1.81 bits per heavy atom. The van der Waals surface area contributed by atoms with Gasteiger partial charge in [-0.2, -0.15) is 0 Å². The van der Waals surface area contributed by atoms with Gasteiger partial charge in [0.15, 0.2) is 17.2 Å². The van der Waals surface area contributed by atoms with Crippen LogP contribution in [0.15, 0.2) is 35.1 Å². The molecular weight excluding hydrogens is 566 g/mol. The molecule has 1 heterocycles. The van der Waals surface area contributed by atoms with Gasteiger partial charge in [-0.15, -0.1) is 10.1 Å². The van der Waals surface area contributed by atoms with E-state index >= 15 is 0 Å². The van der Waals surface area contributed by atoms with Gasteiger partial charge in [-0.25, -0.2) is 0 Å². The third kappa shape index (κ3) is 4.69. The monoisotopic (exact) mass is 601 g/mol. The first-order chi connectivity index (χ1) is 20.1. The van der Waals surface area contributed by atoms with E-state index in [1.165, 1.54) is 44.1 Å². The Labute approximate surface area is 246 Å². The van der Waals surface area contributed by atoms with E-state index in [4.69, 9.17) is 0 Å². The first-order valence-corrected chi connectivity index (χ1v) is 14.1. The van der Waals surface area contributed by atoms with Crippen molar-refractivity contribution in [2.24, 2.45) is 11.8 Å². The fourth-order valence-corrected chi connectivity index (χ4v) is 7.28. The minimum atomic E-state index is -2.77. The van der Waals surface area contributed by atoms with Gasteiger partial charge in [-0.3, -0.25) is 19.3 Å². The van der Waals surface area contributed by atoms with Crippen molar-refractivity contribution >= 4 is 23.1 Å². The van der Waals surface area contributed by atoms with Crippen molar-refractivity contribution in [2.75, 3.05) is 33.7 Å². The number of carbonyl (C=O) groups excluding carboxylic acids is 3. The maximum absolute atomic E-state index is 14.1. The summed E-state index contributed by atoms with van der Waals surface area (Å²) in [6, 6.07) is 3.01. The zero-order chi connectivity index (χ0) is 31.6. The van der Waals surface area contributed by atoms with E-state index in [-0.39, 0.29) is 30.5 Å². The fraction of sp³-hybridized carbons (Fsp3) is 0.552. The number of likely N-dealkylation sites (tertiary alicyclic amines) is 1. The molecule has 0 radical (unpaired) electrons. The average molecular weight is 602 g/mol. The Morgan fingerprint density at radius 1 is 1.16 bits per heavy atom. The molecule has 14 nitrogen and oxygen atoms in total. The molecule has 1 saturated carbocycles. The number of ketones is 3. The van der Waals surface area contributed by atoms with Crippen molar-refractivity contribution in [1.29, 1.82) is 0 Å². The summed E-state index contributed by atoms with van der Waals surface area (Å²) in [5.74, 6) is -7.31. The minimum Gasteiger partial charge on any atom is -0.508 e. The van der Waals surface area contributed by atoms with Crippen LogP contribution >= 0.6 is 0 Å². The largest absolute Gasteiger partial charge is 0.508 e. The van der Waals surface area contributed by atoms with E-state index in [0.717, 1.165) is 0 Å². The number of aliphatic hydroxyl groups excluding tert-OH is 2. The Bertz CT molecular complexity index is 1460. The van der Waals surface area contributed by atoms with Crippen LogP contribution in [0.4, 0.5) is 0 Å². The molecule has 0 spiro atoms. The maximum Gasteiger partial charge on any atom is 0.294 e. The molecule has 232 valence electrons. The number of hydrogen-bond donors (Lipinski definition) is 5. The molecule has 1 aromatic rings. The highest BCUT2D eigenvalue weighted by atomic mass is 17.0. The van der Waals surface area contributed by atoms with Crippen molar-refractivity contribution in [3.8, 4) is 5.75 Å². The summed E-state index contributed by atoms with van der Waals surface area (Å²) in [6.07, 6.45) is -0.286. The van der Waals surface area contributed by atoms with Crippen LogP contribution in [0.3, 0.4) is 0 Å². The molecule has 4 aliphatic rings. The van der Waals surface area contributed by atoms with Crippen molar-refractivity contribution in [1.82, 2.24) is 9.80 Å². The molecule has 3 aliphatic carbocycles. The van der Waals surface area contributed by atoms with Crippen LogP contribution in [0, 0.1) is 22.0 Å². The predicted octanol–water partition coefficient (Wildman–Crippen LogP) is 0.776. The smallest absolute Gasteiger partial charge is 0.294 e. The molecular formula is C29H35N3O11. The second-order valence-electron chi connectivity index (χ2n) is 12.1. The van der Waals surface area contributed by atoms with E-state index in [1.807, 2.05) is 4.90 Å². The highest BCUT2D eigenvalue weighted by molar-refractivity contribution is 6.25. The van der Waals surface area contributed by atoms with Crippen LogP contribution in [-0.4, -0.2) is 109 Å². The molecule has 43 heavy (non-hydrogen) atoms. The third-order valence-corrected chi connectivity index (χ3v) is 9.48. The number of benzene rings is 1. The number of aliphatic hydroxyl groups is 4. The zero-order valence-corrected chi connectivity index (χ0v) is 24.0. The highest BCUT2D eigenvalue weighted by Gasteiger charge is 2.66. The summed E-state index contributed by atoms with van der Waals surface area (Å²) in [4.78, 5) is 59.9. The van der Waals surface area contributed by atoms with Crippen LogP contribution in [-0.2, 0) is 24.8 Å². The van der Waals surface area contributed by atoms with Gasteiger partial charge in [-0.05, 0) is 51.9 Å². The number of piperidine rings is 1. The van der Waals surface area contributed by atoms with Gasteiger partial charge in [0.25, 0.3) is 5.09 Å². The molecule has 0 amide bonds. The highest BCUT2D eigenvalue weighted by Crippen LogP contribution is 2.57. The van der Waals surface area contributed by atoms with Gasteiger partial charge in [0.2, 0.25) is 5.78 Å². The SMILES string of the molecule is CN(C)[C@@H]1C(=O)C(C(=O)CCN2CCC(O[N+](=O)[O-])CC2)=C(O)[C@@]2(O)C(=O)C3=C(O)c4c(O)cccc4C(C)(O)[C@H]3C[C@@H]12. The first-order valence-electron chi connectivity index (χ1n) is 14.1. The quantitative estimate of drug-likeness (QED) is 0.166. The van der Waals surface area contributed by atoms with Crippen LogP contribution in [0.25, 0.3) is 5.76 Å². The number of rotatable bonds is 7. The lowest BCUT2D eigenvalue weighted by Gasteiger charge is -2.53. The van der Waals surface area contributed by atoms with E-state index in [1.54, 1.807) is 0 Å². The number of fused-ring (bicyclic) bond motifs is 3. The molecule has 5 rings (SSSR count). The lowest BCUT2D eigenvalue weighted by Crippen LogP contribution is -2.66. The number of phenols is 1. The van der Waals surface area contributed by atoms with Gasteiger partial charge in [0.1, 0.15) is 28.9 Å². The standard InChI is InChI=1S/C29H35N3O11/c1-28(39)15-5-4-6-18(33)20(15)24(35)21-16(28)13-17-23(30(2)3)25(36)22(27(38)29(17,40)26(21)37)19(34)9-12-31-10-7-14(8-11-31)43-32(41)42/h4-6,14,16-17,23,33,35,38-40H,7-13H2,1-3H3/t16-,17-,23-,28?,29-/m0/s1. The number of aromatic hydroxyl groups is 1. The summed E-state index contributed by atoms with van der Waals surface area (Å²) in [6.45, 7) is 2.37. The topological polar surface area (TPSA) is 211 Å². The summed E-state index contributed by atoms with van der Waals surface area (Å²) in [5.41, 5.74) is -5.73. The lowest BCUT2D eigenvalue weighted by molar-refractivity contribution is -0.769. The first kappa shape index (κ1) is 30.6. The molecule has 2 fully saturated rings. The molecule has 1 unspecified atom stereocenters. The molecule has 5 atom stereocenters. The Balaban J connectivity index is 1.50. The van der Waals surface area contributed by atoms with Crippen molar-refractivity contribution in [3.05, 3.63) is 56.3 Å². The van der Waals surface area contributed by atoms with E-state index < -0.39 is 86.0 Å². The number of hydrogen-bond acceptors (Lipinski definition) is 13. The molecule has 1 aliphatic heterocycles.